The second-order valence-electron chi connectivity index (χ2n) is 10.2. The predicted molar refractivity (Wildman–Crippen MR) is 127 cm³/mol. The molecule has 178 valence electrons. The number of benzene rings is 1. The van der Waals surface area contributed by atoms with Gasteiger partial charge in [0.25, 0.3) is 0 Å². The minimum atomic E-state index is -0.378. The standard InChI is InChI=1S/C26H41N3O3/c1-19-18-29(16-13-26(19,2)21-9-6-10-22(30)17-21)15-12-23(20-7-4-3-5-8-20)25(32)28-14-11-24(27)31/h6,9-10,17,19-20,23,30H,3-5,7-8,11-16,18H2,1-2H3,(H2,27,31)(H,28,32). The lowest BCUT2D eigenvalue weighted by Gasteiger charge is -2.45. The van der Waals surface area contributed by atoms with Gasteiger partial charge in [0.1, 0.15) is 5.75 Å². The zero-order valence-corrected chi connectivity index (χ0v) is 19.8. The van der Waals surface area contributed by atoms with Gasteiger partial charge in [0.15, 0.2) is 0 Å². The van der Waals surface area contributed by atoms with E-state index in [0.717, 1.165) is 45.3 Å². The maximum Gasteiger partial charge on any atom is 0.223 e. The number of piperidine rings is 1. The van der Waals surface area contributed by atoms with E-state index in [9.17, 15) is 14.7 Å². The number of nitrogens with one attached hydrogen (secondary N) is 1. The molecule has 1 saturated carbocycles. The highest BCUT2D eigenvalue weighted by molar-refractivity contribution is 5.80. The van der Waals surface area contributed by atoms with Crippen LogP contribution in [0.3, 0.4) is 0 Å². The summed E-state index contributed by atoms with van der Waals surface area (Å²) in [5.41, 5.74) is 6.48. The van der Waals surface area contributed by atoms with Gasteiger partial charge in [-0.25, -0.2) is 0 Å². The molecule has 0 spiro atoms. The van der Waals surface area contributed by atoms with Crippen LogP contribution in [0, 0.1) is 17.8 Å². The van der Waals surface area contributed by atoms with E-state index < -0.39 is 0 Å². The van der Waals surface area contributed by atoms with Gasteiger partial charge < -0.3 is 21.1 Å². The molecule has 1 aliphatic carbocycles. The van der Waals surface area contributed by atoms with Crippen LogP contribution in [0.4, 0.5) is 0 Å². The van der Waals surface area contributed by atoms with Crippen LogP contribution >= 0.6 is 0 Å². The normalized spacial score (nSPS) is 25.9. The molecule has 3 unspecified atom stereocenters. The van der Waals surface area contributed by atoms with Crippen LogP contribution in [0.5, 0.6) is 5.75 Å². The molecular formula is C26H41N3O3. The lowest BCUT2D eigenvalue weighted by atomic mass is 9.68. The molecule has 32 heavy (non-hydrogen) atoms. The number of nitrogens with zero attached hydrogens (tertiary/aromatic N) is 1. The molecule has 2 fully saturated rings. The quantitative estimate of drug-likeness (QED) is 0.544. The maximum atomic E-state index is 13.0. The van der Waals surface area contributed by atoms with Crippen LogP contribution in [0.15, 0.2) is 24.3 Å². The van der Waals surface area contributed by atoms with Crippen molar-refractivity contribution in [1.29, 1.82) is 0 Å². The van der Waals surface area contributed by atoms with Crippen molar-refractivity contribution in [2.45, 2.75) is 70.6 Å². The number of hydrogen-bond acceptors (Lipinski definition) is 4. The van der Waals surface area contributed by atoms with Crippen molar-refractivity contribution in [2.75, 3.05) is 26.2 Å². The SMILES string of the molecule is CC1CN(CCC(C(=O)NCCC(N)=O)C2CCCCC2)CCC1(C)c1cccc(O)c1. The summed E-state index contributed by atoms with van der Waals surface area (Å²) < 4.78 is 0. The van der Waals surface area contributed by atoms with E-state index in [1.807, 2.05) is 12.1 Å². The Balaban J connectivity index is 1.58. The van der Waals surface area contributed by atoms with E-state index in [2.05, 4.69) is 30.1 Å². The molecule has 0 bridgehead atoms. The Morgan fingerprint density at radius 2 is 2.03 bits per heavy atom. The lowest BCUT2D eigenvalue weighted by molar-refractivity contribution is -0.127. The third-order valence-electron chi connectivity index (χ3n) is 8.06. The summed E-state index contributed by atoms with van der Waals surface area (Å²) in [6.07, 6.45) is 8.03. The van der Waals surface area contributed by atoms with E-state index >= 15 is 0 Å². The summed E-state index contributed by atoms with van der Waals surface area (Å²) in [5, 5.41) is 12.9. The molecule has 1 heterocycles. The Morgan fingerprint density at radius 1 is 1.28 bits per heavy atom. The summed E-state index contributed by atoms with van der Waals surface area (Å²) in [6, 6.07) is 7.69. The average Bonchev–Trinajstić information content (AvgIpc) is 2.77. The average molecular weight is 444 g/mol. The smallest absolute Gasteiger partial charge is 0.223 e. The van der Waals surface area contributed by atoms with E-state index in [1.165, 1.54) is 24.8 Å². The summed E-state index contributed by atoms with van der Waals surface area (Å²) in [7, 11) is 0. The summed E-state index contributed by atoms with van der Waals surface area (Å²) in [5.74, 6) is 0.950. The van der Waals surface area contributed by atoms with Gasteiger partial charge in [-0.1, -0.05) is 45.2 Å². The van der Waals surface area contributed by atoms with Crippen molar-refractivity contribution in [1.82, 2.24) is 10.2 Å². The minimum Gasteiger partial charge on any atom is -0.508 e. The number of hydrogen-bond donors (Lipinski definition) is 3. The molecule has 0 radical (unpaired) electrons. The highest BCUT2D eigenvalue weighted by atomic mass is 16.3. The maximum absolute atomic E-state index is 13.0. The van der Waals surface area contributed by atoms with Crippen molar-refractivity contribution < 1.29 is 14.7 Å². The van der Waals surface area contributed by atoms with Crippen molar-refractivity contribution >= 4 is 11.8 Å². The summed E-state index contributed by atoms with van der Waals surface area (Å²) in [6.45, 7) is 7.85. The highest BCUT2D eigenvalue weighted by Crippen LogP contribution is 2.40. The van der Waals surface area contributed by atoms with Gasteiger partial charge in [-0.05, 0) is 73.7 Å². The molecule has 1 aliphatic heterocycles. The predicted octanol–water partition coefficient (Wildman–Crippen LogP) is 3.57. The Kier molecular flexibility index (Phi) is 8.57. The van der Waals surface area contributed by atoms with E-state index in [-0.39, 0.29) is 29.6 Å². The van der Waals surface area contributed by atoms with Crippen LogP contribution in [0.25, 0.3) is 0 Å². The number of aromatic hydroxyl groups is 1. The first kappa shape index (κ1) is 24.6. The number of primary amides is 1. The van der Waals surface area contributed by atoms with Gasteiger partial charge in [-0.15, -0.1) is 0 Å². The molecule has 6 nitrogen and oxygen atoms in total. The summed E-state index contributed by atoms with van der Waals surface area (Å²) >= 11 is 0. The van der Waals surface area contributed by atoms with Crippen molar-refractivity contribution in [3.05, 3.63) is 29.8 Å². The zero-order valence-electron chi connectivity index (χ0n) is 19.8. The fourth-order valence-electron chi connectivity index (χ4n) is 5.69. The Labute approximate surface area is 192 Å². The van der Waals surface area contributed by atoms with Crippen LogP contribution in [0.1, 0.15) is 70.8 Å². The van der Waals surface area contributed by atoms with Crippen LogP contribution < -0.4 is 11.1 Å². The molecule has 1 aromatic carbocycles. The number of carbonyl (C=O) groups excluding carboxylic acids is 2. The third-order valence-corrected chi connectivity index (χ3v) is 8.06. The fraction of sp³-hybridized carbons (Fsp3) is 0.692. The molecule has 2 aliphatic rings. The van der Waals surface area contributed by atoms with Crippen molar-refractivity contribution in [3.8, 4) is 5.75 Å². The second kappa shape index (κ2) is 11.2. The van der Waals surface area contributed by atoms with Crippen molar-refractivity contribution in [3.63, 3.8) is 0 Å². The van der Waals surface area contributed by atoms with E-state index in [0.29, 0.717) is 24.1 Å². The zero-order chi connectivity index (χ0) is 23.1. The molecule has 3 rings (SSSR count). The molecule has 4 N–H and O–H groups in total. The van der Waals surface area contributed by atoms with Gasteiger partial charge in [-0.3, -0.25) is 9.59 Å². The number of phenolic OH excluding ortho intramolecular Hbond substituents is 1. The molecule has 0 aromatic heterocycles. The number of nitrogens with two attached hydrogens (primary N) is 1. The Hall–Kier alpha value is -2.08. The fourth-order valence-corrected chi connectivity index (χ4v) is 5.69. The first-order valence-electron chi connectivity index (χ1n) is 12.4. The molecule has 1 saturated heterocycles. The highest BCUT2D eigenvalue weighted by Gasteiger charge is 2.38. The molecular weight excluding hydrogens is 402 g/mol. The van der Waals surface area contributed by atoms with E-state index in [4.69, 9.17) is 5.73 Å². The molecule has 1 aromatic rings. The minimum absolute atomic E-state index is 0.0119. The molecule has 3 atom stereocenters. The topological polar surface area (TPSA) is 95.7 Å². The van der Waals surface area contributed by atoms with Gasteiger partial charge in [0, 0.05) is 25.4 Å². The first-order chi connectivity index (χ1) is 15.3. The first-order valence-corrected chi connectivity index (χ1v) is 12.4. The van der Waals surface area contributed by atoms with Crippen molar-refractivity contribution in [2.24, 2.45) is 23.5 Å². The largest absolute Gasteiger partial charge is 0.508 e. The van der Waals surface area contributed by atoms with Crippen LogP contribution in [-0.2, 0) is 15.0 Å². The number of rotatable bonds is 9. The monoisotopic (exact) mass is 443 g/mol. The molecule has 6 heteroatoms. The third kappa shape index (κ3) is 6.25. The van der Waals surface area contributed by atoms with E-state index in [1.54, 1.807) is 6.07 Å². The van der Waals surface area contributed by atoms with Gasteiger partial charge in [0.05, 0.1) is 0 Å². The van der Waals surface area contributed by atoms with Crippen LogP contribution in [-0.4, -0.2) is 48.0 Å². The Bertz CT molecular complexity index is 777. The summed E-state index contributed by atoms with van der Waals surface area (Å²) in [4.78, 5) is 26.5. The van der Waals surface area contributed by atoms with Gasteiger partial charge in [-0.2, -0.15) is 0 Å². The molecule has 2 amide bonds. The van der Waals surface area contributed by atoms with Crippen LogP contribution in [0.2, 0.25) is 0 Å². The number of phenols is 1. The number of likely N-dealkylation sites (tertiary alicyclic amines) is 1. The number of amides is 2. The second-order valence-corrected chi connectivity index (χ2v) is 10.2. The van der Waals surface area contributed by atoms with Gasteiger partial charge >= 0.3 is 0 Å². The number of carbonyl (C=O) groups is 2. The van der Waals surface area contributed by atoms with Gasteiger partial charge in [0.2, 0.25) is 11.8 Å². The lowest BCUT2D eigenvalue weighted by Crippen LogP contribution is -2.48. The Morgan fingerprint density at radius 3 is 2.69 bits per heavy atom.